The minimum absolute atomic E-state index is 0.101. The second-order valence-corrected chi connectivity index (χ2v) is 9.45. The van der Waals surface area contributed by atoms with Crippen LogP contribution < -0.4 is 0 Å². The van der Waals surface area contributed by atoms with Gasteiger partial charge >= 0.3 is 11.9 Å². The maximum atomic E-state index is 12.1. The topological polar surface area (TPSA) is 63.6 Å². The van der Waals surface area contributed by atoms with Crippen molar-refractivity contribution in [3.8, 4) is 0 Å². The number of allylic oxidation sites excluding steroid dienone is 8. The number of carbonyl (C=O) groups excluding carboxylic acids is 1. The lowest BCUT2D eigenvalue weighted by molar-refractivity contribution is -0.150. The molecule has 0 aromatic carbocycles. The van der Waals surface area contributed by atoms with Gasteiger partial charge in [-0.05, 0) is 93.1 Å². The summed E-state index contributed by atoms with van der Waals surface area (Å²) in [7, 11) is 0. The second-order valence-electron chi connectivity index (χ2n) is 9.45. The van der Waals surface area contributed by atoms with Crippen molar-refractivity contribution < 1.29 is 19.4 Å². The fourth-order valence-corrected chi connectivity index (χ4v) is 3.23. The zero-order chi connectivity index (χ0) is 25.2. The number of ether oxygens (including phenoxy) is 1. The predicted octanol–water partition coefficient (Wildman–Crippen LogP) is 8.27. The molecule has 0 rings (SSSR count). The fraction of sp³-hybridized carbons (Fsp3) is 0.586. The standard InChI is InChI=1S/C29H46O4/c1-22(2)11-8-13-24(5)14-10-15-25(6)17-18-27(33-29(32)20-19-28(30)31)21-26(7)16-9-12-23(3)4/h11-12,14,17,21,27H,8-10,13,15-16,18-20H2,1-7H3,(H,30,31). The summed E-state index contributed by atoms with van der Waals surface area (Å²) in [4.78, 5) is 22.9. The van der Waals surface area contributed by atoms with E-state index in [1.807, 2.05) is 6.08 Å². The van der Waals surface area contributed by atoms with Gasteiger partial charge in [0.05, 0.1) is 12.8 Å². The van der Waals surface area contributed by atoms with Crippen LogP contribution in [0.15, 0.2) is 58.2 Å². The van der Waals surface area contributed by atoms with Crippen LogP contribution in [0.25, 0.3) is 0 Å². The van der Waals surface area contributed by atoms with Crippen LogP contribution in [0.1, 0.15) is 106 Å². The maximum absolute atomic E-state index is 12.1. The monoisotopic (exact) mass is 458 g/mol. The Hall–Kier alpha value is -2.36. The van der Waals surface area contributed by atoms with E-state index in [4.69, 9.17) is 9.84 Å². The largest absolute Gasteiger partial charge is 0.481 e. The van der Waals surface area contributed by atoms with Gasteiger partial charge in [-0.25, -0.2) is 0 Å². The Morgan fingerprint density at radius 3 is 1.67 bits per heavy atom. The van der Waals surface area contributed by atoms with Gasteiger partial charge in [-0.2, -0.15) is 0 Å². The lowest BCUT2D eigenvalue weighted by atomic mass is 10.0. The molecular formula is C29H46O4. The number of hydrogen-bond donors (Lipinski definition) is 1. The van der Waals surface area contributed by atoms with Crippen molar-refractivity contribution in [2.45, 2.75) is 112 Å². The summed E-state index contributed by atoms with van der Waals surface area (Å²) in [5, 5.41) is 8.81. The Morgan fingerprint density at radius 1 is 0.667 bits per heavy atom. The molecule has 1 atom stereocenters. The average molecular weight is 459 g/mol. The molecule has 0 aliphatic rings. The number of rotatable bonds is 16. The van der Waals surface area contributed by atoms with Gasteiger partial charge in [-0.15, -0.1) is 0 Å². The number of carbonyl (C=O) groups is 2. The summed E-state index contributed by atoms with van der Waals surface area (Å²) in [5.41, 5.74) is 6.51. The van der Waals surface area contributed by atoms with E-state index in [9.17, 15) is 9.59 Å². The van der Waals surface area contributed by atoms with Gasteiger partial charge in [0.2, 0.25) is 0 Å². The molecule has 0 aromatic rings. The molecule has 0 fully saturated rings. The molecule has 0 amide bonds. The highest BCUT2D eigenvalue weighted by atomic mass is 16.5. The minimum atomic E-state index is -0.989. The van der Waals surface area contributed by atoms with Crippen LogP contribution in [0.3, 0.4) is 0 Å². The lowest BCUT2D eigenvalue weighted by Gasteiger charge is -2.15. The zero-order valence-corrected chi connectivity index (χ0v) is 22.0. The molecule has 0 saturated heterocycles. The smallest absolute Gasteiger partial charge is 0.306 e. The lowest BCUT2D eigenvalue weighted by Crippen LogP contribution is -2.17. The normalized spacial score (nSPS) is 13.4. The Kier molecular flexibility index (Phi) is 16.8. The van der Waals surface area contributed by atoms with Gasteiger partial charge < -0.3 is 9.84 Å². The molecule has 1 N–H and O–H groups in total. The highest BCUT2D eigenvalue weighted by molar-refractivity contribution is 5.76. The van der Waals surface area contributed by atoms with E-state index in [1.165, 1.54) is 27.9 Å². The van der Waals surface area contributed by atoms with E-state index in [0.29, 0.717) is 6.42 Å². The van der Waals surface area contributed by atoms with Gasteiger partial charge in [0, 0.05) is 6.42 Å². The quantitative estimate of drug-likeness (QED) is 0.187. The van der Waals surface area contributed by atoms with Crippen molar-refractivity contribution >= 4 is 11.9 Å². The predicted molar refractivity (Wildman–Crippen MR) is 139 cm³/mol. The molecule has 1 unspecified atom stereocenters. The molecule has 4 heteroatoms. The van der Waals surface area contributed by atoms with E-state index in [-0.39, 0.29) is 18.9 Å². The van der Waals surface area contributed by atoms with E-state index in [2.05, 4.69) is 72.8 Å². The molecule has 0 aromatic heterocycles. The van der Waals surface area contributed by atoms with Crippen molar-refractivity contribution in [2.24, 2.45) is 0 Å². The molecule has 0 spiro atoms. The first-order chi connectivity index (χ1) is 15.5. The highest BCUT2D eigenvalue weighted by Crippen LogP contribution is 2.16. The number of carboxylic acid groups (broad SMARTS) is 1. The summed E-state index contributed by atoms with van der Waals surface area (Å²) in [6.45, 7) is 14.8. The molecule has 0 aliphatic carbocycles. The van der Waals surface area contributed by atoms with Crippen LogP contribution in [-0.2, 0) is 14.3 Å². The molecule has 0 aliphatic heterocycles. The molecule has 186 valence electrons. The Balaban J connectivity index is 4.93. The van der Waals surface area contributed by atoms with Crippen LogP contribution >= 0.6 is 0 Å². The molecule has 33 heavy (non-hydrogen) atoms. The summed E-state index contributed by atoms with van der Waals surface area (Å²) in [5.74, 6) is -1.45. The molecule has 4 nitrogen and oxygen atoms in total. The summed E-state index contributed by atoms with van der Waals surface area (Å²) in [6.07, 6.45) is 16.9. The SMILES string of the molecule is CC(C)=CCCC(C)=CCCC(C)=CCC(C=C(C)CCC=C(C)C)OC(=O)CCC(=O)O. The highest BCUT2D eigenvalue weighted by Gasteiger charge is 2.13. The van der Waals surface area contributed by atoms with Gasteiger partial charge in [0.1, 0.15) is 6.10 Å². The maximum Gasteiger partial charge on any atom is 0.306 e. The van der Waals surface area contributed by atoms with Crippen LogP contribution in [0.4, 0.5) is 0 Å². The van der Waals surface area contributed by atoms with Crippen molar-refractivity contribution in [1.29, 1.82) is 0 Å². The van der Waals surface area contributed by atoms with Crippen LogP contribution in [0.5, 0.6) is 0 Å². The molecule has 0 saturated carbocycles. The van der Waals surface area contributed by atoms with Gasteiger partial charge in [-0.1, -0.05) is 52.2 Å². The van der Waals surface area contributed by atoms with Crippen LogP contribution in [-0.4, -0.2) is 23.1 Å². The summed E-state index contributed by atoms with van der Waals surface area (Å²) in [6, 6.07) is 0. The zero-order valence-electron chi connectivity index (χ0n) is 22.0. The van der Waals surface area contributed by atoms with Crippen molar-refractivity contribution in [3.05, 3.63) is 58.2 Å². The van der Waals surface area contributed by atoms with E-state index >= 15 is 0 Å². The second kappa shape index (κ2) is 18.1. The third-order valence-corrected chi connectivity index (χ3v) is 5.21. The number of hydrogen-bond acceptors (Lipinski definition) is 3. The van der Waals surface area contributed by atoms with E-state index in [1.54, 1.807) is 0 Å². The molecule has 0 heterocycles. The van der Waals surface area contributed by atoms with Crippen molar-refractivity contribution in [2.75, 3.05) is 0 Å². The Labute approximate surface area is 202 Å². The minimum Gasteiger partial charge on any atom is -0.481 e. The number of aliphatic carboxylic acids is 1. The summed E-state index contributed by atoms with van der Waals surface area (Å²) >= 11 is 0. The van der Waals surface area contributed by atoms with Crippen LogP contribution in [0, 0.1) is 0 Å². The van der Waals surface area contributed by atoms with Gasteiger partial charge in [-0.3, -0.25) is 9.59 Å². The Morgan fingerprint density at radius 2 is 1.15 bits per heavy atom. The first-order valence-corrected chi connectivity index (χ1v) is 12.2. The number of carboxylic acids is 1. The van der Waals surface area contributed by atoms with Gasteiger partial charge in [0.25, 0.3) is 0 Å². The van der Waals surface area contributed by atoms with E-state index in [0.717, 1.165) is 38.5 Å². The summed E-state index contributed by atoms with van der Waals surface area (Å²) < 4.78 is 5.60. The first kappa shape index (κ1) is 30.6. The Bertz CT molecular complexity index is 754. The van der Waals surface area contributed by atoms with Crippen molar-refractivity contribution in [1.82, 2.24) is 0 Å². The fourth-order valence-electron chi connectivity index (χ4n) is 3.23. The molecule has 0 radical (unpaired) electrons. The van der Waals surface area contributed by atoms with Gasteiger partial charge in [0.15, 0.2) is 0 Å². The van der Waals surface area contributed by atoms with Crippen LogP contribution in [0.2, 0.25) is 0 Å². The molecular weight excluding hydrogens is 412 g/mol. The molecule has 0 bridgehead atoms. The van der Waals surface area contributed by atoms with E-state index < -0.39 is 11.9 Å². The third kappa shape index (κ3) is 20.0. The first-order valence-electron chi connectivity index (χ1n) is 12.2. The average Bonchev–Trinajstić information content (AvgIpc) is 2.70. The third-order valence-electron chi connectivity index (χ3n) is 5.21. The van der Waals surface area contributed by atoms with Crippen molar-refractivity contribution in [3.63, 3.8) is 0 Å². The number of esters is 1.